The SMILES string of the molecule is OCC(CCC1CCCO1)c1ccc(F)cc1. The van der Waals surface area contributed by atoms with Gasteiger partial charge in [-0.25, -0.2) is 4.39 Å². The van der Waals surface area contributed by atoms with Gasteiger partial charge < -0.3 is 9.84 Å². The molecule has 2 rings (SSSR count). The third kappa shape index (κ3) is 3.51. The highest BCUT2D eigenvalue weighted by atomic mass is 19.1. The lowest BCUT2D eigenvalue weighted by Crippen LogP contribution is -2.10. The smallest absolute Gasteiger partial charge is 0.123 e. The van der Waals surface area contributed by atoms with Crippen LogP contribution in [0, 0.1) is 5.82 Å². The maximum atomic E-state index is 12.8. The van der Waals surface area contributed by atoms with Crippen molar-refractivity contribution in [1.82, 2.24) is 0 Å². The van der Waals surface area contributed by atoms with E-state index in [1.807, 2.05) is 0 Å². The highest BCUT2D eigenvalue weighted by Crippen LogP contribution is 2.25. The highest BCUT2D eigenvalue weighted by Gasteiger charge is 2.18. The first kappa shape index (κ1) is 12.5. The van der Waals surface area contributed by atoms with Crippen LogP contribution in [0.25, 0.3) is 0 Å². The van der Waals surface area contributed by atoms with E-state index in [1.54, 1.807) is 12.1 Å². The molecule has 17 heavy (non-hydrogen) atoms. The fourth-order valence-corrected chi connectivity index (χ4v) is 2.36. The summed E-state index contributed by atoms with van der Waals surface area (Å²) in [6.45, 7) is 0.976. The molecule has 0 aromatic heterocycles. The summed E-state index contributed by atoms with van der Waals surface area (Å²) in [5, 5.41) is 9.39. The van der Waals surface area contributed by atoms with Crippen LogP contribution in [0.2, 0.25) is 0 Å². The predicted molar refractivity (Wildman–Crippen MR) is 64.4 cm³/mol. The van der Waals surface area contributed by atoms with Crippen LogP contribution in [0.4, 0.5) is 4.39 Å². The maximum absolute atomic E-state index is 12.8. The van der Waals surface area contributed by atoms with Crippen LogP contribution in [-0.4, -0.2) is 24.4 Å². The second-order valence-corrected chi connectivity index (χ2v) is 4.64. The van der Waals surface area contributed by atoms with E-state index in [1.165, 1.54) is 12.1 Å². The summed E-state index contributed by atoms with van der Waals surface area (Å²) in [5.74, 6) is -0.135. The van der Waals surface area contributed by atoms with E-state index < -0.39 is 0 Å². The minimum atomic E-state index is -0.232. The van der Waals surface area contributed by atoms with Crippen LogP contribution in [-0.2, 0) is 4.74 Å². The van der Waals surface area contributed by atoms with Crippen LogP contribution in [0.15, 0.2) is 24.3 Å². The second-order valence-electron chi connectivity index (χ2n) is 4.64. The quantitative estimate of drug-likeness (QED) is 0.854. The van der Waals surface area contributed by atoms with Crippen molar-refractivity contribution in [3.63, 3.8) is 0 Å². The Morgan fingerprint density at radius 1 is 1.35 bits per heavy atom. The van der Waals surface area contributed by atoms with Crippen LogP contribution in [0.1, 0.15) is 37.2 Å². The zero-order valence-electron chi connectivity index (χ0n) is 9.94. The van der Waals surface area contributed by atoms with Gasteiger partial charge in [-0.2, -0.15) is 0 Å². The van der Waals surface area contributed by atoms with Gasteiger partial charge in [-0.1, -0.05) is 12.1 Å². The monoisotopic (exact) mass is 238 g/mol. The normalized spacial score (nSPS) is 21.6. The van der Waals surface area contributed by atoms with E-state index in [-0.39, 0.29) is 18.3 Å². The molecule has 3 heteroatoms. The zero-order chi connectivity index (χ0) is 12.1. The van der Waals surface area contributed by atoms with Crippen molar-refractivity contribution < 1.29 is 14.2 Å². The lowest BCUT2D eigenvalue weighted by atomic mass is 9.93. The Morgan fingerprint density at radius 3 is 2.71 bits per heavy atom. The minimum absolute atomic E-state index is 0.0970. The first-order chi connectivity index (χ1) is 8.29. The number of ether oxygens (including phenoxy) is 1. The number of hydrogen-bond acceptors (Lipinski definition) is 2. The van der Waals surface area contributed by atoms with Gasteiger partial charge in [0.2, 0.25) is 0 Å². The van der Waals surface area contributed by atoms with Crippen LogP contribution < -0.4 is 0 Å². The standard InChI is InChI=1S/C14H19FO2/c15-13-6-3-11(4-7-13)12(10-16)5-8-14-2-1-9-17-14/h3-4,6-7,12,14,16H,1-2,5,8-10H2. The van der Waals surface area contributed by atoms with Gasteiger partial charge in [0.1, 0.15) is 5.82 Å². The molecule has 0 saturated carbocycles. The zero-order valence-corrected chi connectivity index (χ0v) is 9.94. The van der Waals surface area contributed by atoms with Crippen LogP contribution >= 0.6 is 0 Å². The molecule has 0 bridgehead atoms. The highest BCUT2D eigenvalue weighted by molar-refractivity contribution is 5.20. The molecule has 1 aromatic carbocycles. The predicted octanol–water partition coefficient (Wildman–Crippen LogP) is 2.86. The molecule has 0 amide bonds. The van der Waals surface area contributed by atoms with Gasteiger partial charge in [-0.05, 0) is 43.4 Å². The third-order valence-corrected chi connectivity index (χ3v) is 3.42. The Hall–Kier alpha value is -0.930. The Bertz CT molecular complexity index is 331. The average molecular weight is 238 g/mol. The summed E-state index contributed by atoms with van der Waals surface area (Å²) in [4.78, 5) is 0. The Morgan fingerprint density at radius 2 is 2.12 bits per heavy atom. The van der Waals surface area contributed by atoms with Crippen LogP contribution in [0.5, 0.6) is 0 Å². The molecule has 94 valence electrons. The molecule has 1 fully saturated rings. The summed E-state index contributed by atoms with van der Waals surface area (Å²) < 4.78 is 18.4. The number of benzene rings is 1. The van der Waals surface area contributed by atoms with E-state index in [4.69, 9.17) is 4.74 Å². The molecule has 0 aliphatic carbocycles. The molecule has 2 unspecified atom stereocenters. The van der Waals surface area contributed by atoms with Crippen molar-refractivity contribution in [1.29, 1.82) is 0 Å². The van der Waals surface area contributed by atoms with E-state index in [0.29, 0.717) is 6.10 Å². The Kier molecular flexibility index (Phi) is 4.51. The van der Waals surface area contributed by atoms with Gasteiger partial charge >= 0.3 is 0 Å². The summed E-state index contributed by atoms with van der Waals surface area (Å²) in [7, 11) is 0. The third-order valence-electron chi connectivity index (χ3n) is 3.42. The minimum Gasteiger partial charge on any atom is -0.396 e. The molecule has 0 spiro atoms. The lowest BCUT2D eigenvalue weighted by molar-refractivity contribution is 0.0981. The molecule has 1 saturated heterocycles. The van der Waals surface area contributed by atoms with E-state index in [9.17, 15) is 9.50 Å². The fourth-order valence-electron chi connectivity index (χ4n) is 2.36. The van der Waals surface area contributed by atoms with Crippen molar-refractivity contribution in [2.45, 2.75) is 37.7 Å². The molecular weight excluding hydrogens is 219 g/mol. The summed E-state index contributed by atoms with van der Waals surface area (Å²) >= 11 is 0. The Labute approximate surface area is 101 Å². The number of halogens is 1. The van der Waals surface area contributed by atoms with Crippen molar-refractivity contribution in [2.75, 3.05) is 13.2 Å². The summed E-state index contributed by atoms with van der Waals surface area (Å²) in [5.41, 5.74) is 1.01. The van der Waals surface area contributed by atoms with Gasteiger partial charge in [0.15, 0.2) is 0 Å². The maximum Gasteiger partial charge on any atom is 0.123 e. The molecule has 1 aromatic rings. The van der Waals surface area contributed by atoms with Gasteiger partial charge in [0, 0.05) is 19.1 Å². The van der Waals surface area contributed by atoms with Gasteiger partial charge in [-0.15, -0.1) is 0 Å². The lowest BCUT2D eigenvalue weighted by Gasteiger charge is -2.17. The summed E-state index contributed by atoms with van der Waals surface area (Å²) in [6, 6.07) is 6.41. The number of aliphatic hydroxyl groups is 1. The van der Waals surface area contributed by atoms with Gasteiger partial charge in [0.05, 0.1) is 6.10 Å². The average Bonchev–Trinajstić information content (AvgIpc) is 2.85. The van der Waals surface area contributed by atoms with Crippen molar-refractivity contribution in [3.8, 4) is 0 Å². The van der Waals surface area contributed by atoms with Crippen molar-refractivity contribution >= 4 is 0 Å². The van der Waals surface area contributed by atoms with Gasteiger partial charge in [-0.3, -0.25) is 0 Å². The summed E-state index contributed by atoms with van der Waals surface area (Å²) in [6.07, 6.45) is 4.49. The second kappa shape index (κ2) is 6.12. The largest absolute Gasteiger partial charge is 0.396 e. The molecule has 2 nitrogen and oxygen atoms in total. The number of hydrogen-bond donors (Lipinski definition) is 1. The topological polar surface area (TPSA) is 29.5 Å². The van der Waals surface area contributed by atoms with E-state index in [2.05, 4.69) is 0 Å². The number of rotatable bonds is 5. The molecule has 1 heterocycles. The van der Waals surface area contributed by atoms with Crippen molar-refractivity contribution in [2.24, 2.45) is 0 Å². The Balaban J connectivity index is 1.89. The van der Waals surface area contributed by atoms with Gasteiger partial charge in [0.25, 0.3) is 0 Å². The molecule has 2 atom stereocenters. The number of aliphatic hydroxyl groups excluding tert-OH is 1. The van der Waals surface area contributed by atoms with Crippen molar-refractivity contribution in [3.05, 3.63) is 35.6 Å². The molecule has 0 radical (unpaired) electrons. The van der Waals surface area contributed by atoms with E-state index in [0.717, 1.165) is 37.9 Å². The van der Waals surface area contributed by atoms with Crippen LogP contribution in [0.3, 0.4) is 0 Å². The molecule has 1 aliphatic heterocycles. The molecule has 1 aliphatic rings. The molecular formula is C14H19FO2. The first-order valence-corrected chi connectivity index (χ1v) is 6.27. The fraction of sp³-hybridized carbons (Fsp3) is 0.571. The van der Waals surface area contributed by atoms with E-state index >= 15 is 0 Å². The molecule has 1 N–H and O–H groups in total. The first-order valence-electron chi connectivity index (χ1n) is 6.27.